The summed E-state index contributed by atoms with van der Waals surface area (Å²) in [6.07, 6.45) is 10.5. The van der Waals surface area contributed by atoms with Gasteiger partial charge in [0.2, 0.25) is 11.8 Å². The number of hydrogen-bond donors (Lipinski definition) is 3. The standard InChI is InChI=1S/C36H42N6O3/c1-22-32(23(2)41-40-22)25-9-11-28(12-10-25)38-34(43)33(39-35(44)36(3)15-16-36)30-6-4-5-24-7-8-26(19-31(24)30)27-20-37-42(21-27)29-13-17-45-18-14-29/h7-12,19-21,29-30,33H,4-6,13-18H2,1-3H3,(H,38,43)(H,39,44)(H,40,41)/t30-,33+/m1/s1. The van der Waals surface area contributed by atoms with Crippen LogP contribution in [0.5, 0.6) is 0 Å². The van der Waals surface area contributed by atoms with Gasteiger partial charge in [0.15, 0.2) is 0 Å². The lowest BCUT2D eigenvalue weighted by molar-refractivity contribution is -0.130. The van der Waals surface area contributed by atoms with E-state index in [1.54, 1.807) is 0 Å². The molecule has 2 amide bonds. The highest BCUT2D eigenvalue weighted by atomic mass is 16.5. The van der Waals surface area contributed by atoms with Crippen molar-refractivity contribution in [2.24, 2.45) is 5.41 Å². The lowest BCUT2D eigenvalue weighted by Crippen LogP contribution is -2.50. The van der Waals surface area contributed by atoms with Crippen molar-refractivity contribution in [2.75, 3.05) is 18.5 Å². The smallest absolute Gasteiger partial charge is 0.247 e. The Hall–Kier alpha value is -4.24. The number of nitrogens with zero attached hydrogens (tertiary/aromatic N) is 3. The predicted molar refractivity (Wildman–Crippen MR) is 174 cm³/mol. The predicted octanol–water partition coefficient (Wildman–Crippen LogP) is 6.25. The summed E-state index contributed by atoms with van der Waals surface area (Å²) in [5, 5.41) is 18.4. The fourth-order valence-corrected chi connectivity index (χ4v) is 6.99. The van der Waals surface area contributed by atoms with E-state index in [0.717, 1.165) is 97.4 Å². The molecule has 9 nitrogen and oxygen atoms in total. The lowest BCUT2D eigenvalue weighted by atomic mass is 9.77. The second kappa shape index (κ2) is 11.9. The first-order valence-electron chi connectivity index (χ1n) is 16.3. The minimum atomic E-state index is -0.688. The number of fused-ring (bicyclic) bond motifs is 1. The number of aryl methyl sites for hydroxylation is 3. The maximum atomic E-state index is 14.1. The molecular formula is C36H42N6O3. The molecule has 0 radical (unpaired) electrons. The molecule has 1 aliphatic heterocycles. The molecule has 0 spiro atoms. The summed E-state index contributed by atoms with van der Waals surface area (Å²) in [5.41, 5.74) is 8.89. The lowest BCUT2D eigenvalue weighted by Gasteiger charge is -2.33. The SMILES string of the molecule is Cc1n[nH]c(C)c1-c1ccc(NC(=O)[C@@H](NC(=O)C2(C)CC2)[C@@H]2CCCc3ccc(-c4cnn(C5CCOCC5)c4)cc32)cc1. The van der Waals surface area contributed by atoms with Crippen LogP contribution in [0.15, 0.2) is 54.9 Å². The van der Waals surface area contributed by atoms with E-state index in [4.69, 9.17) is 9.84 Å². The largest absolute Gasteiger partial charge is 0.381 e. The average molecular weight is 607 g/mol. The Morgan fingerprint density at radius 3 is 2.49 bits per heavy atom. The second-order valence-corrected chi connectivity index (χ2v) is 13.4. The highest BCUT2D eigenvalue weighted by Crippen LogP contribution is 2.46. The van der Waals surface area contributed by atoms with Gasteiger partial charge in [0.25, 0.3) is 0 Å². The molecule has 9 heteroatoms. The Morgan fingerprint density at radius 2 is 1.78 bits per heavy atom. The number of carbonyl (C=O) groups is 2. The fourth-order valence-electron chi connectivity index (χ4n) is 6.99. The molecule has 0 unspecified atom stereocenters. The van der Waals surface area contributed by atoms with Crippen LogP contribution in [-0.2, 0) is 20.7 Å². The summed E-state index contributed by atoms with van der Waals surface area (Å²) >= 11 is 0. The number of hydrogen-bond acceptors (Lipinski definition) is 5. The third-order valence-corrected chi connectivity index (χ3v) is 10.1. The van der Waals surface area contributed by atoms with Crippen LogP contribution in [0.25, 0.3) is 22.3 Å². The maximum absolute atomic E-state index is 14.1. The van der Waals surface area contributed by atoms with E-state index in [-0.39, 0.29) is 17.7 Å². The number of carbonyl (C=O) groups excluding carboxylic acids is 2. The van der Waals surface area contributed by atoms with Gasteiger partial charge in [-0.1, -0.05) is 37.3 Å². The Morgan fingerprint density at radius 1 is 1.02 bits per heavy atom. The number of anilines is 1. The normalized spacial score (nSPS) is 19.8. The fraction of sp³-hybridized carbons (Fsp3) is 0.444. The summed E-state index contributed by atoms with van der Waals surface area (Å²) in [5.74, 6) is -0.363. The van der Waals surface area contributed by atoms with E-state index < -0.39 is 11.5 Å². The van der Waals surface area contributed by atoms with Gasteiger partial charge in [0.1, 0.15) is 6.04 Å². The van der Waals surface area contributed by atoms with Crippen molar-refractivity contribution in [3.8, 4) is 22.3 Å². The minimum absolute atomic E-state index is 0.0371. The van der Waals surface area contributed by atoms with Crippen LogP contribution >= 0.6 is 0 Å². The van der Waals surface area contributed by atoms with Crippen molar-refractivity contribution in [3.05, 3.63) is 77.4 Å². The number of rotatable bonds is 8. The number of benzene rings is 2. The van der Waals surface area contributed by atoms with E-state index >= 15 is 0 Å². The molecule has 2 aliphatic carbocycles. The molecule has 7 rings (SSSR count). The summed E-state index contributed by atoms with van der Waals surface area (Å²) in [6, 6.07) is 14.1. The molecule has 4 aromatic rings. The number of aromatic amines is 1. The zero-order valence-corrected chi connectivity index (χ0v) is 26.4. The molecule has 2 aromatic heterocycles. The molecule has 1 saturated carbocycles. The van der Waals surface area contributed by atoms with Crippen molar-refractivity contribution >= 4 is 17.5 Å². The van der Waals surface area contributed by atoms with E-state index in [9.17, 15) is 9.59 Å². The Bertz CT molecular complexity index is 1690. The second-order valence-electron chi connectivity index (χ2n) is 13.4. The van der Waals surface area contributed by atoms with Gasteiger partial charge in [0, 0.05) is 53.3 Å². The van der Waals surface area contributed by atoms with Crippen LogP contribution in [0.4, 0.5) is 5.69 Å². The molecule has 234 valence electrons. The number of nitrogens with one attached hydrogen (secondary N) is 3. The first kappa shape index (κ1) is 29.5. The first-order chi connectivity index (χ1) is 21.8. The van der Waals surface area contributed by atoms with Crippen LogP contribution < -0.4 is 10.6 Å². The van der Waals surface area contributed by atoms with Crippen molar-refractivity contribution < 1.29 is 14.3 Å². The van der Waals surface area contributed by atoms with E-state index in [2.05, 4.69) is 49.9 Å². The zero-order valence-electron chi connectivity index (χ0n) is 26.4. The van der Waals surface area contributed by atoms with Crippen LogP contribution in [0.1, 0.15) is 79.9 Å². The van der Waals surface area contributed by atoms with E-state index in [1.165, 1.54) is 5.56 Å². The van der Waals surface area contributed by atoms with Crippen molar-refractivity contribution in [1.29, 1.82) is 0 Å². The van der Waals surface area contributed by atoms with Gasteiger partial charge < -0.3 is 15.4 Å². The molecule has 0 bridgehead atoms. The third-order valence-electron chi connectivity index (χ3n) is 10.1. The summed E-state index contributed by atoms with van der Waals surface area (Å²) in [7, 11) is 0. The first-order valence-corrected chi connectivity index (χ1v) is 16.3. The molecule has 3 N–H and O–H groups in total. The van der Waals surface area contributed by atoms with Gasteiger partial charge in [0.05, 0.1) is 17.9 Å². The van der Waals surface area contributed by atoms with Gasteiger partial charge in [-0.25, -0.2) is 0 Å². The van der Waals surface area contributed by atoms with Crippen LogP contribution in [-0.4, -0.2) is 51.0 Å². The maximum Gasteiger partial charge on any atom is 0.247 e. The van der Waals surface area contributed by atoms with E-state index in [0.29, 0.717) is 11.7 Å². The minimum Gasteiger partial charge on any atom is -0.381 e. The van der Waals surface area contributed by atoms with Crippen molar-refractivity contribution in [1.82, 2.24) is 25.3 Å². The van der Waals surface area contributed by atoms with Crippen LogP contribution in [0, 0.1) is 19.3 Å². The molecule has 2 aromatic carbocycles. The van der Waals surface area contributed by atoms with E-state index in [1.807, 2.05) is 51.2 Å². The molecule has 45 heavy (non-hydrogen) atoms. The van der Waals surface area contributed by atoms with Gasteiger partial charge in [-0.3, -0.25) is 19.4 Å². The highest BCUT2D eigenvalue weighted by molar-refractivity contribution is 5.99. The molecule has 1 saturated heterocycles. The third kappa shape index (κ3) is 5.93. The Balaban J connectivity index is 1.16. The monoisotopic (exact) mass is 606 g/mol. The quantitative estimate of drug-likeness (QED) is 0.219. The van der Waals surface area contributed by atoms with Crippen molar-refractivity contribution in [2.45, 2.75) is 83.7 Å². The van der Waals surface area contributed by atoms with Gasteiger partial charge in [-0.05, 0) is 93.2 Å². The zero-order chi connectivity index (χ0) is 31.1. The summed E-state index contributed by atoms with van der Waals surface area (Å²) in [4.78, 5) is 27.5. The van der Waals surface area contributed by atoms with Crippen LogP contribution in [0.3, 0.4) is 0 Å². The van der Waals surface area contributed by atoms with Gasteiger partial charge >= 0.3 is 0 Å². The Kier molecular flexibility index (Phi) is 7.81. The molecule has 3 heterocycles. The molecular weight excluding hydrogens is 564 g/mol. The summed E-state index contributed by atoms with van der Waals surface area (Å²) < 4.78 is 7.61. The number of amides is 2. The van der Waals surface area contributed by atoms with Gasteiger partial charge in [-0.15, -0.1) is 0 Å². The molecule has 2 atom stereocenters. The topological polar surface area (TPSA) is 114 Å². The van der Waals surface area contributed by atoms with Crippen molar-refractivity contribution in [3.63, 3.8) is 0 Å². The highest BCUT2D eigenvalue weighted by Gasteiger charge is 2.47. The average Bonchev–Trinajstić information content (AvgIpc) is 3.46. The number of ether oxygens (including phenoxy) is 1. The molecule has 3 aliphatic rings. The number of aromatic nitrogens is 4. The summed E-state index contributed by atoms with van der Waals surface area (Å²) in [6.45, 7) is 7.50. The molecule has 2 fully saturated rings. The Labute approximate surface area is 264 Å². The van der Waals surface area contributed by atoms with Gasteiger partial charge in [-0.2, -0.15) is 10.2 Å². The van der Waals surface area contributed by atoms with Crippen LogP contribution in [0.2, 0.25) is 0 Å². The number of H-pyrrole nitrogens is 1.